The Balaban J connectivity index is 1.65. The molecule has 1 aromatic heterocycles. The molecule has 1 heterocycles. The molecular weight excluding hydrogens is 258 g/mol. The molecule has 5 heteroatoms. The van der Waals surface area contributed by atoms with Crippen LogP contribution >= 0.6 is 11.8 Å². The molecule has 0 spiro atoms. The van der Waals surface area contributed by atoms with E-state index in [1.54, 1.807) is 6.07 Å². The minimum absolute atomic E-state index is 0.0307. The minimum atomic E-state index is -0.0307. The number of hydrogen-bond acceptors (Lipinski definition) is 4. The van der Waals surface area contributed by atoms with Gasteiger partial charge in [0.2, 0.25) is 0 Å². The Morgan fingerprint density at radius 3 is 3.00 bits per heavy atom. The van der Waals surface area contributed by atoms with Gasteiger partial charge in [-0.25, -0.2) is 4.98 Å². The number of aromatic nitrogens is 2. The van der Waals surface area contributed by atoms with Gasteiger partial charge in [0, 0.05) is 23.3 Å². The molecule has 2 N–H and O–H groups in total. The van der Waals surface area contributed by atoms with E-state index in [9.17, 15) is 4.79 Å². The van der Waals surface area contributed by atoms with Gasteiger partial charge in [0.25, 0.3) is 5.56 Å². The van der Waals surface area contributed by atoms with Crippen LogP contribution in [0.2, 0.25) is 0 Å². The lowest BCUT2D eigenvalue weighted by Gasteiger charge is -2.14. The SMILES string of the molecule is CCSC1CCC(Nc2cc(=O)[nH]c(C3CC3)n2)C1. The largest absolute Gasteiger partial charge is 0.367 e. The lowest BCUT2D eigenvalue weighted by atomic mass is 10.2. The van der Waals surface area contributed by atoms with Crippen LogP contribution in [-0.4, -0.2) is 27.0 Å². The van der Waals surface area contributed by atoms with Crippen LogP contribution in [0.5, 0.6) is 0 Å². The predicted octanol–water partition coefficient (Wildman–Crippen LogP) is 2.73. The molecule has 3 rings (SSSR count). The molecule has 2 unspecified atom stereocenters. The van der Waals surface area contributed by atoms with Crippen molar-refractivity contribution in [3.8, 4) is 0 Å². The highest BCUT2D eigenvalue weighted by atomic mass is 32.2. The molecule has 0 saturated heterocycles. The number of rotatable bonds is 5. The van der Waals surface area contributed by atoms with Gasteiger partial charge in [0.05, 0.1) is 0 Å². The fourth-order valence-electron chi connectivity index (χ4n) is 2.77. The molecule has 4 nitrogen and oxygen atoms in total. The van der Waals surface area contributed by atoms with Crippen molar-refractivity contribution in [1.29, 1.82) is 0 Å². The van der Waals surface area contributed by atoms with Crippen LogP contribution in [0.15, 0.2) is 10.9 Å². The van der Waals surface area contributed by atoms with Crippen LogP contribution in [0, 0.1) is 0 Å². The first-order valence-corrected chi connectivity index (χ1v) is 8.29. The van der Waals surface area contributed by atoms with Crippen LogP contribution in [0.3, 0.4) is 0 Å². The Morgan fingerprint density at radius 1 is 1.42 bits per heavy atom. The number of hydrogen-bond donors (Lipinski definition) is 2. The number of H-pyrrole nitrogens is 1. The van der Waals surface area contributed by atoms with Crippen LogP contribution < -0.4 is 10.9 Å². The zero-order chi connectivity index (χ0) is 13.2. The third kappa shape index (κ3) is 3.32. The van der Waals surface area contributed by atoms with Gasteiger partial charge in [-0.05, 0) is 37.9 Å². The maximum atomic E-state index is 11.6. The van der Waals surface area contributed by atoms with Gasteiger partial charge in [-0.2, -0.15) is 11.8 Å². The highest BCUT2D eigenvalue weighted by Crippen LogP contribution is 2.38. The fourth-order valence-corrected chi connectivity index (χ4v) is 3.91. The van der Waals surface area contributed by atoms with E-state index in [0.29, 0.717) is 12.0 Å². The summed E-state index contributed by atoms with van der Waals surface area (Å²) in [4.78, 5) is 19.1. The molecule has 19 heavy (non-hydrogen) atoms. The lowest BCUT2D eigenvalue weighted by molar-refractivity contribution is 0.747. The number of nitrogens with one attached hydrogen (secondary N) is 2. The third-order valence-corrected chi connectivity index (χ3v) is 5.10. The Labute approximate surface area is 117 Å². The molecule has 0 amide bonds. The average Bonchev–Trinajstić information content (AvgIpc) is 3.13. The molecule has 0 bridgehead atoms. The fraction of sp³-hybridized carbons (Fsp3) is 0.714. The van der Waals surface area contributed by atoms with Crippen LogP contribution in [0.4, 0.5) is 5.82 Å². The summed E-state index contributed by atoms with van der Waals surface area (Å²) in [6.07, 6.45) is 5.96. The molecule has 2 aliphatic rings. The first-order valence-electron chi connectivity index (χ1n) is 7.24. The Hall–Kier alpha value is -0.970. The Bertz CT molecular complexity index is 498. The van der Waals surface area contributed by atoms with Crippen molar-refractivity contribution in [2.24, 2.45) is 0 Å². The molecule has 0 aromatic carbocycles. The highest BCUT2D eigenvalue weighted by molar-refractivity contribution is 7.99. The molecule has 0 aliphatic heterocycles. The van der Waals surface area contributed by atoms with Gasteiger partial charge in [-0.15, -0.1) is 0 Å². The smallest absolute Gasteiger partial charge is 0.252 e. The van der Waals surface area contributed by atoms with E-state index < -0.39 is 0 Å². The summed E-state index contributed by atoms with van der Waals surface area (Å²) in [6.45, 7) is 2.21. The highest BCUT2D eigenvalue weighted by Gasteiger charge is 2.28. The van der Waals surface area contributed by atoms with Gasteiger partial charge in [0.15, 0.2) is 0 Å². The molecule has 104 valence electrons. The molecule has 1 aromatic rings. The van der Waals surface area contributed by atoms with Crippen molar-refractivity contribution >= 4 is 17.6 Å². The molecule has 2 atom stereocenters. The summed E-state index contributed by atoms with van der Waals surface area (Å²) < 4.78 is 0. The van der Waals surface area contributed by atoms with E-state index >= 15 is 0 Å². The quantitative estimate of drug-likeness (QED) is 0.870. The summed E-state index contributed by atoms with van der Waals surface area (Å²) in [7, 11) is 0. The van der Waals surface area contributed by atoms with E-state index in [2.05, 4.69) is 22.2 Å². The van der Waals surface area contributed by atoms with Crippen LogP contribution in [0.25, 0.3) is 0 Å². The summed E-state index contributed by atoms with van der Waals surface area (Å²) in [5.41, 5.74) is -0.0307. The lowest BCUT2D eigenvalue weighted by Crippen LogP contribution is -2.20. The molecule has 0 radical (unpaired) electrons. The zero-order valence-corrected chi connectivity index (χ0v) is 12.1. The van der Waals surface area contributed by atoms with Crippen LogP contribution in [-0.2, 0) is 0 Å². The van der Waals surface area contributed by atoms with E-state index in [0.717, 1.165) is 29.7 Å². The van der Waals surface area contributed by atoms with Gasteiger partial charge >= 0.3 is 0 Å². The van der Waals surface area contributed by atoms with Crippen LogP contribution in [0.1, 0.15) is 50.8 Å². The maximum Gasteiger partial charge on any atom is 0.252 e. The Kier molecular flexibility index (Phi) is 3.82. The summed E-state index contributed by atoms with van der Waals surface area (Å²) in [5, 5.41) is 4.22. The summed E-state index contributed by atoms with van der Waals surface area (Å²) >= 11 is 2.05. The average molecular weight is 279 g/mol. The number of aromatic amines is 1. The predicted molar refractivity (Wildman–Crippen MR) is 80.0 cm³/mol. The van der Waals surface area contributed by atoms with Gasteiger partial charge in [-0.1, -0.05) is 6.92 Å². The van der Waals surface area contributed by atoms with Crippen molar-refractivity contribution in [2.45, 2.75) is 56.2 Å². The third-order valence-electron chi connectivity index (χ3n) is 3.86. The monoisotopic (exact) mass is 279 g/mol. The molecule has 2 saturated carbocycles. The number of thioether (sulfide) groups is 1. The minimum Gasteiger partial charge on any atom is -0.367 e. The molecular formula is C14H21N3OS. The van der Waals surface area contributed by atoms with Crippen molar-refractivity contribution in [3.63, 3.8) is 0 Å². The van der Waals surface area contributed by atoms with E-state index in [-0.39, 0.29) is 5.56 Å². The van der Waals surface area contributed by atoms with Gasteiger partial charge < -0.3 is 10.3 Å². The second kappa shape index (κ2) is 5.57. The first kappa shape index (κ1) is 13.0. The van der Waals surface area contributed by atoms with Gasteiger partial charge in [-0.3, -0.25) is 4.79 Å². The topological polar surface area (TPSA) is 57.8 Å². The van der Waals surface area contributed by atoms with E-state index in [4.69, 9.17) is 0 Å². The summed E-state index contributed by atoms with van der Waals surface area (Å²) in [6, 6.07) is 2.07. The molecule has 2 aliphatic carbocycles. The standard InChI is InChI=1S/C14H21N3OS/c1-2-19-11-6-5-10(7-11)15-12-8-13(18)17-14(16-12)9-3-4-9/h8-11H,2-7H2,1H3,(H2,15,16,17,18). The van der Waals surface area contributed by atoms with E-state index in [1.165, 1.54) is 25.0 Å². The van der Waals surface area contributed by atoms with Gasteiger partial charge in [0.1, 0.15) is 11.6 Å². The summed E-state index contributed by atoms with van der Waals surface area (Å²) in [5.74, 6) is 3.30. The number of anilines is 1. The normalized spacial score (nSPS) is 26.6. The first-order chi connectivity index (χ1) is 9.24. The second-order valence-corrected chi connectivity index (χ2v) is 7.10. The van der Waals surface area contributed by atoms with Crippen molar-refractivity contribution in [3.05, 3.63) is 22.2 Å². The number of nitrogens with zero attached hydrogens (tertiary/aromatic N) is 1. The van der Waals surface area contributed by atoms with E-state index in [1.807, 2.05) is 11.8 Å². The van der Waals surface area contributed by atoms with Crippen molar-refractivity contribution < 1.29 is 0 Å². The zero-order valence-electron chi connectivity index (χ0n) is 11.3. The van der Waals surface area contributed by atoms with Crippen molar-refractivity contribution in [2.75, 3.05) is 11.1 Å². The Morgan fingerprint density at radius 2 is 2.26 bits per heavy atom. The maximum absolute atomic E-state index is 11.6. The second-order valence-electron chi connectivity index (χ2n) is 5.52. The van der Waals surface area contributed by atoms with Crippen molar-refractivity contribution in [1.82, 2.24) is 9.97 Å². The molecule has 2 fully saturated rings.